The monoisotopic (exact) mass is 298 g/mol. The zero-order valence-corrected chi connectivity index (χ0v) is 12.9. The molecule has 0 saturated carbocycles. The Morgan fingerprint density at radius 1 is 1.33 bits per heavy atom. The third-order valence-corrected chi connectivity index (χ3v) is 3.63. The molecule has 0 amide bonds. The van der Waals surface area contributed by atoms with Crippen molar-refractivity contribution >= 4 is 5.69 Å². The smallest absolute Gasteiger partial charge is 0.387 e. The van der Waals surface area contributed by atoms with E-state index >= 15 is 0 Å². The summed E-state index contributed by atoms with van der Waals surface area (Å²) >= 11 is 0. The zero-order chi connectivity index (χ0) is 15.5. The minimum absolute atomic E-state index is 0.101. The second kappa shape index (κ2) is 6.60. The number of nitrogens with one attached hydrogen (secondary N) is 1. The first-order valence-corrected chi connectivity index (χ1v) is 7.39. The maximum absolute atomic E-state index is 12.5. The number of para-hydroxylation sites is 2. The molecule has 21 heavy (non-hydrogen) atoms. The summed E-state index contributed by atoms with van der Waals surface area (Å²) in [4.78, 5) is 2.13. The van der Waals surface area contributed by atoms with E-state index in [1.807, 2.05) is 12.1 Å². The molecule has 1 heterocycles. The van der Waals surface area contributed by atoms with Gasteiger partial charge in [-0.3, -0.25) is 0 Å². The molecule has 0 spiro atoms. The molecule has 3 nitrogen and oxygen atoms in total. The quantitative estimate of drug-likeness (QED) is 0.900. The van der Waals surface area contributed by atoms with Gasteiger partial charge in [0.1, 0.15) is 5.75 Å². The first-order valence-electron chi connectivity index (χ1n) is 7.39. The van der Waals surface area contributed by atoms with Crippen LogP contribution in [0.5, 0.6) is 5.75 Å². The van der Waals surface area contributed by atoms with E-state index in [0.29, 0.717) is 5.92 Å². The number of anilines is 1. The number of rotatable bonds is 5. The van der Waals surface area contributed by atoms with Crippen molar-refractivity contribution in [1.82, 2.24) is 5.32 Å². The summed E-state index contributed by atoms with van der Waals surface area (Å²) < 4.78 is 29.5. The molecule has 118 valence electrons. The third-order valence-electron chi connectivity index (χ3n) is 3.63. The Labute approximate surface area is 125 Å². The molecule has 1 aliphatic rings. The molecule has 5 heteroatoms. The highest BCUT2D eigenvalue weighted by Gasteiger charge is 2.26. The molecular formula is C16H24F2N2O. The largest absolute Gasteiger partial charge is 0.433 e. The van der Waals surface area contributed by atoms with Gasteiger partial charge in [-0.1, -0.05) is 12.1 Å². The summed E-state index contributed by atoms with van der Waals surface area (Å²) in [6.45, 7) is 6.33. The summed E-state index contributed by atoms with van der Waals surface area (Å²) in [6, 6.07) is 7.02. The van der Waals surface area contributed by atoms with E-state index < -0.39 is 6.61 Å². The van der Waals surface area contributed by atoms with Crippen molar-refractivity contribution in [2.45, 2.75) is 39.3 Å². The Kier molecular flexibility index (Phi) is 5.04. The number of alkyl halides is 2. The summed E-state index contributed by atoms with van der Waals surface area (Å²) in [6.07, 6.45) is 1.06. The third kappa shape index (κ3) is 4.84. The van der Waals surface area contributed by atoms with E-state index in [9.17, 15) is 8.78 Å². The van der Waals surface area contributed by atoms with Crippen molar-refractivity contribution in [2.75, 3.05) is 24.5 Å². The molecule has 0 aliphatic carbocycles. The highest BCUT2D eigenvalue weighted by molar-refractivity contribution is 5.59. The molecule has 1 fully saturated rings. The summed E-state index contributed by atoms with van der Waals surface area (Å²) in [5.41, 5.74) is 0.862. The van der Waals surface area contributed by atoms with Crippen LogP contribution >= 0.6 is 0 Å². The lowest BCUT2D eigenvalue weighted by atomic mass is 10.1. The molecule has 1 saturated heterocycles. The molecule has 0 bridgehead atoms. The number of halogens is 2. The van der Waals surface area contributed by atoms with Crippen molar-refractivity contribution in [3.63, 3.8) is 0 Å². The van der Waals surface area contributed by atoms with E-state index in [1.54, 1.807) is 12.1 Å². The van der Waals surface area contributed by atoms with Gasteiger partial charge in [-0.2, -0.15) is 8.78 Å². The molecule has 1 aromatic rings. The van der Waals surface area contributed by atoms with Gasteiger partial charge in [-0.25, -0.2) is 0 Å². The van der Waals surface area contributed by atoms with Crippen LogP contribution in [0.15, 0.2) is 24.3 Å². The molecule has 2 rings (SSSR count). The number of hydrogen-bond acceptors (Lipinski definition) is 3. The topological polar surface area (TPSA) is 24.5 Å². The van der Waals surface area contributed by atoms with Crippen molar-refractivity contribution < 1.29 is 13.5 Å². The maximum atomic E-state index is 12.5. The van der Waals surface area contributed by atoms with Gasteiger partial charge in [0, 0.05) is 25.2 Å². The van der Waals surface area contributed by atoms with Crippen LogP contribution in [0.4, 0.5) is 14.5 Å². The second-order valence-electron chi connectivity index (χ2n) is 6.58. The molecular weight excluding hydrogens is 274 g/mol. The minimum atomic E-state index is -2.79. The van der Waals surface area contributed by atoms with Gasteiger partial charge in [0.2, 0.25) is 0 Å². The lowest BCUT2D eigenvalue weighted by Gasteiger charge is -2.24. The zero-order valence-electron chi connectivity index (χ0n) is 12.9. The van der Waals surface area contributed by atoms with Crippen molar-refractivity contribution in [3.8, 4) is 5.75 Å². The van der Waals surface area contributed by atoms with E-state index in [2.05, 4.69) is 35.7 Å². The molecule has 1 N–H and O–H groups in total. The van der Waals surface area contributed by atoms with Gasteiger partial charge in [0.25, 0.3) is 0 Å². The van der Waals surface area contributed by atoms with Crippen molar-refractivity contribution in [3.05, 3.63) is 24.3 Å². The van der Waals surface area contributed by atoms with Crippen LogP contribution in [0, 0.1) is 5.92 Å². The Balaban J connectivity index is 1.98. The van der Waals surface area contributed by atoms with Crippen LogP contribution in [0.3, 0.4) is 0 Å². The molecule has 1 unspecified atom stereocenters. The van der Waals surface area contributed by atoms with E-state index in [0.717, 1.165) is 31.7 Å². The molecule has 1 atom stereocenters. The summed E-state index contributed by atoms with van der Waals surface area (Å²) in [5, 5.41) is 3.50. The van der Waals surface area contributed by atoms with Gasteiger partial charge in [-0.15, -0.1) is 0 Å². The number of nitrogens with zero attached hydrogens (tertiary/aromatic N) is 1. The van der Waals surface area contributed by atoms with E-state index in [4.69, 9.17) is 0 Å². The summed E-state index contributed by atoms with van der Waals surface area (Å²) in [5.74, 6) is 0.792. The Morgan fingerprint density at radius 3 is 2.71 bits per heavy atom. The number of ether oxygens (including phenoxy) is 1. The second-order valence-corrected chi connectivity index (χ2v) is 6.58. The lowest BCUT2D eigenvalue weighted by Crippen LogP contribution is -2.39. The maximum Gasteiger partial charge on any atom is 0.387 e. The fraction of sp³-hybridized carbons (Fsp3) is 0.625. The number of benzene rings is 1. The van der Waals surface area contributed by atoms with Crippen LogP contribution in [0.2, 0.25) is 0 Å². The highest BCUT2D eigenvalue weighted by Crippen LogP contribution is 2.33. The summed E-state index contributed by atoms with van der Waals surface area (Å²) in [7, 11) is 0. The molecule has 1 aromatic carbocycles. The predicted octanol–water partition coefficient (Wildman–Crippen LogP) is 3.50. The highest BCUT2D eigenvalue weighted by atomic mass is 19.3. The fourth-order valence-electron chi connectivity index (χ4n) is 2.58. The minimum Gasteiger partial charge on any atom is -0.433 e. The van der Waals surface area contributed by atoms with E-state index in [1.165, 1.54) is 0 Å². The van der Waals surface area contributed by atoms with Crippen molar-refractivity contribution in [2.24, 2.45) is 5.92 Å². The van der Waals surface area contributed by atoms with Gasteiger partial charge < -0.3 is 15.0 Å². The van der Waals surface area contributed by atoms with Crippen LogP contribution < -0.4 is 15.0 Å². The standard InChI is InChI=1S/C16H24F2N2O/c1-16(2,3)19-10-12-8-9-20(11-12)13-6-4-5-7-14(13)21-15(17)18/h4-7,12,15,19H,8-11H2,1-3H3. The Hall–Kier alpha value is -1.36. The van der Waals surface area contributed by atoms with Crippen molar-refractivity contribution in [1.29, 1.82) is 0 Å². The fourth-order valence-corrected chi connectivity index (χ4v) is 2.58. The van der Waals surface area contributed by atoms with Crippen LogP contribution in [-0.4, -0.2) is 31.8 Å². The van der Waals surface area contributed by atoms with Gasteiger partial charge in [-0.05, 0) is 45.2 Å². The molecule has 1 aliphatic heterocycles. The SMILES string of the molecule is CC(C)(C)NCC1CCN(c2ccccc2OC(F)F)C1. The van der Waals surface area contributed by atoms with Gasteiger partial charge in [0.15, 0.2) is 0 Å². The molecule has 0 radical (unpaired) electrons. The van der Waals surface area contributed by atoms with Gasteiger partial charge in [0.05, 0.1) is 5.69 Å². The van der Waals surface area contributed by atoms with Crippen LogP contribution in [-0.2, 0) is 0 Å². The first-order chi connectivity index (χ1) is 9.85. The average molecular weight is 298 g/mol. The first kappa shape index (κ1) is 16.0. The van der Waals surface area contributed by atoms with E-state index in [-0.39, 0.29) is 11.3 Å². The Morgan fingerprint density at radius 2 is 2.05 bits per heavy atom. The normalized spacial score (nSPS) is 19.3. The van der Waals surface area contributed by atoms with Gasteiger partial charge >= 0.3 is 6.61 Å². The molecule has 0 aromatic heterocycles. The average Bonchev–Trinajstić information content (AvgIpc) is 2.84. The number of hydrogen-bond donors (Lipinski definition) is 1. The van der Waals surface area contributed by atoms with Crippen LogP contribution in [0.25, 0.3) is 0 Å². The lowest BCUT2D eigenvalue weighted by molar-refractivity contribution is -0.0495. The predicted molar refractivity (Wildman–Crippen MR) is 81.1 cm³/mol. The van der Waals surface area contributed by atoms with Crippen LogP contribution in [0.1, 0.15) is 27.2 Å². The Bertz CT molecular complexity index is 460.